The van der Waals surface area contributed by atoms with Gasteiger partial charge in [-0.1, -0.05) is 24.3 Å². The highest BCUT2D eigenvalue weighted by molar-refractivity contribution is 5.86. The van der Waals surface area contributed by atoms with E-state index in [4.69, 9.17) is 14.0 Å². The zero-order valence-corrected chi connectivity index (χ0v) is 9.31. The van der Waals surface area contributed by atoms with Crippen LogP contribution in [0.15, 0.2) is 36.4 Å². The van der Waals surface area contributed by atoms with Crippen molar-refractivity contribution < 1.29 is 18.8 Å². The molecule has 0 saturated heterocycles. The van der Waals surface area contributed by atoms with Crippen LogP contribution in [0.1, 0.15) is 22.4 Å². The minimum atomic E-state index is -2.58. The highest BCUT2D eigenvalue weighted by atomic mass is 16.5. The van der Waals surface area contributed by atoms with E-state index in [0.29, 0.717) is 5.75 Å². The first-order valence-electron chi connectivity index (χ1n) is 6.63. The molecule has 0 aliphatic rings. The third kappa shape index (κ3) is 2.23. The Morgan fingerprint density at radius 3 is 2.65 bits per heavy atom. The van der Waals surface area contributed by atoms with Crippen molar-refractivity contribution in [1.82, 2.24) is 0 Å². The van der Waals surface area contributed by atoms with E-state index in [-0.39, 0.29) is 5.56 Å². The maximum absolute atomic E-state index is 11.2. The van der Waals surface area contributed by atoms with Crippen LogP contribution in [0.3, 0.4) is 0 Å². The summed E-state index contributed by atoms with van der Waals surface area (Å²) in [4.78, 5) is 11.2. The molecular formula is C14H14O3. The smallest absolute Gasteiger partial charge is 0.310 e. The molecule has 0 aromatic heterocycles. The van der Waals surface area contributed by atoms with Crippen LogP contribution in [-0.2, 0) is 4.79 Å². The molecule has 2 aromatic carbocycles. The predicted molar refractivity (Wildman–Crippen MR) is 66.6 cm³/mol. The lowest BCUT2D eigenvalue weighted by molar-refractivity contribution is -0.138. The Morgan fingerprint density at radius 1 is 1.29 bits per heavy atom. The van der Waals surface area contributed by atoms with Crippen LogP contribution in [0.5, 0.6) is 5.75 Å². The monoisotopic (exact) mass is 234 g/mol. The Bertz CT molecular complexity index is 650. The number of carbonyl (C=O) groups is 1. The van der Waals surface area contributed by atoms with Crippen molar-refractivity contribution in [2.75, 3.05) is 7.11 Å². The second-order valence-electron chi connectivity index (χ2n) is 3.74. The van der Waals surface area contributed by atoms with Crippen molar-refractivity contribution in [3.05, 3.63) is 42.0 Å². The van der Waals surface area contributed by atoms with Crippen LogP contribution >= 0.6 is 0 Å². The fourth-order valence-corrected chi connectivity index (χ4v) is 1.69. The molecule has 0 heterocycles. The van der Waals surface area contributed by atoms with Gasteiger partial charge in [0.15, 0.2) is 0 Å². The second-order valence-corrected chi connectivity index (χ2v) is 3.74. The van der Waals surface area contributed by atoms with Gasteiger partial charge >= 0.3 is 5.97 Å². The van der Waals surface area contributed by atoms with Gasteiger partial charge in [-0.2, -0.15) is 0 Å². The van der Waals surface area contributed by atoms with Crippen molar-refractivity contribution >= 4 is 16.7 Å². The van der Waals surface area contributed by atoms with E-state index in [1.54, 1.807) is 31.4 Å². The summed E-state index contributed by atoms with van der Waals surface area (Å²) in [5.74, 6) is -2.18. The number of benzene rings is 2. The van der Waals surface area contributed by atoms with Crippen molar-refractivity contribution in [3.8, 4) is 5.75 Å². The molecule has 0 spiro atoms. The van der Waals surface area contributed by atoms with Crippen LogP contribution < -0.4 is 4.74 Å². The fraction of sp³-hybridized carbons (Fsp3) is 0.214. The molecule has 2 aromatic rings. The number of aliphatic carboxylic acids is 1. The van der Waals surface area contributed by atoms with E-state index in [0.717, 1.165) is 10.8 Å². The van der Waals surface area contributed by atoms with E-state index < -0.39 is 18.7 Å². The molecule has 0 radical (unpaired) electrons. The Kier molecular flexibility index (Phi) is 2.13. The summed E-state index contributed by atoms with van der Waals surface area (Å²) in [6.45, 7) is -2.58. The highest BCUT2D eigenvalue weighted by Gasteiger charge is 2.13. The standard InChI is InChI=1S/C14H14O3/c1-9(14(15)16)10-3-4-12-8-13(17-2)6-5-11(12)7-10/h3-9H,1-2H3,(H,15,16)/i1+1D3. The quantitative estimate of drug-likeness (QED) is 0.830. The molecule has 1 unspecified atom stereocenters. The molecular weight excluding hydrogens is 217 g/mol. The number of fused-ring (bicyclic) bond motifs is 1. The van der Waals surface area contributed by atoms with Gasteiger partial charge in [0, 0.05) is 4.11 Å². The predicted octanol–water partition coefficient (Wildman–Crippen LogP) is 3.04. The molecule has 0 bridgehead atoms. The number of carboxylic acids is 1. The van der Waals surface area contributed by atoms with Gasteiger partial charge in [-0.05, 0) is 35.3 Å². The van der Waals surface area contributed by atoms with E-state index in [9.17, 15) is 4.79 Å². The topological polar surface area (TPSA) is 46.5 Å². The van der Waals surface area contributed by atoms with Crippen LogP contribution in [-0.4, -0.2) is 18.2 Å². The molecule has 0 aliphatic heterocycles. The molecule has 3 heteroatoms. The molecule has 3 nitrogen and oxygen atoms in total. The van der Waals surface area contributed by atoms with Gasteiger partial charge < -0.3 is 9.84 Å². The van der Waals surface area contributed by atoms with Gasteiger partial charge in [0.25, 0.3) is 0 Å². The zero-order chi connectivity index (χ0) is 14.9. The van der Waals surface area contributed by atoms with E-state index in [2.05, 4.69) is 0 Å². The Morgan fingerprint density at radius 2 is 2.00 bits per heavy atom. The van der Waals surface area contributed by atoms with E-state index >= 15 is 0 Å². The van der Waals surface area contributed by atoms with Crippen LogP contribution in [0.4, 0.5) is 0 Å². The zero-order valence-electron chi connectivity index (χ0n) is 12.3. The highest BCUT2D eigenvalue weighted by Crippen LogP contribution is 2.25. The molecule has 0 amide bonds. The lowest BCUT2D eigenvalue weighted by Crippen LogP contribution is -2.06. The number of ether oxygens (including phenoxy) is 1. The normalized spacial score (nSPS) is 15.7. The van der Waals surface area contributed by atoms with Crippen molar-refractivity contribution in [3.63, 3.8) is 0 Å². The third-order valence-electron chi connectivity index (χ3n) is 2.65. The summed E-state index contributed by atoms with van der Waals surface area (Å²) in [5, 5.41) is 10.8. The van der Waals surface area contributed by atoms with Gasteiger partial charge in [-0.3, -0.25) is 4.79 Å². The summed E-state index contributed by atoms with van der Waals surface area (Å²) >= 11 is 0. The SMILES string of the molecule is [2H][13C]([2H])([2H])C(C(=O)O)c1ccc2cc(OC)ccc2c1. The summed E-state index contributed by atoms with van der Waals surface area (Å²) < 4.78 is 27.2. The Hall–Kier alpha value is -2.03. The number of hydrogen-bond acceptors (Lipinski definition) is 2. The van der Waals surface area contributed by atoms with E-state index in [1.165, 1.54) is 6.07 Å². The largest absolute Gasteiger partial charge is 0.497 e. The fourth-order valence-electron chi connectivity index (χ4n) is 1.69. The number of hydrogen-bond donors (Lipinski definition) is 1. The summed E-state index contributed by atoms with van der Waals surface area (Å²) in [6, 6.07) is 10.2. The minimum absolute atomic E-state index is 0.273. The average Bonchev–Trinajstić information content (AvgIpc) is 2.36. The van der Waals surface area contributed by atoms with Gasteiger partial charge in [0.2, 0.25) is 0 Å². The number of carboxylic acid groups (broad SMARTS) is 1. The molecule has 1 N–H and O–H groups in total. The molecule has 0 saturated carbocycles. The van der Waals surface area contributed by atoms with Crippen LogP contribution in [0.25, 0.3) is 10.8 Å². The van der Waals surface area contributed by atoms with Gasteiger partial charge in [-0.25, -0.2) is 0 Å². The second kappa shape index (κ2) is 4.45. The first kappa shape index (κ1) is 8.12. The van der Waals surface area contributed by atoms with Crippen molar-refractivity contribution in [2.24, 2.45) is 0 Å². The average molecular weight is 234 g/mol. The number of rotatable bonds is 3. The summed E-state index contributed by atoms with van der Waals surface area (Å²) in [7, 11) is 1.56. The Labute approximate surface area is 104 Å². The first-order chi connectivity index (χ1) is 9.32. The molecule has 88 valence electrons. The maximum atomic E-state index is 11.2. The van der Waals surface area contributed by atoms with Gasteiger partial charge in [-0.15, -0.1) is 0 Å². The maximum Gasteiger partial charge on any atom is 0.310 e. The van der Waals surface area contributed by atoms with Crippen LogP contribution in [0.2, 0.25) is 0 Å². The minimum Gasteiger partial charge on any atom is -0.497 e. The molecule has 1 atom stereocenters. The third-order valence-corrected chi connectivity index (χ3v) is 2.65. The number of methoxy groups -OCH3 is 1. The van der Waals surface area contributed by atoms with Gasteiger partial charge in [0.1, 0.15) is 5.75 Å². The lowest BCUT2D eigenvalue weighted by atomic mass is 10.0. The van der Waals surface area contributed by atoms with E-state index in [1.807, 2.05) is 6.07 Å². The molecule has 0 fully saturated rings. The summed E-state index contributed by atoms with van der Waals surface area (Å²) in [5.41, 5.74) is 0.273. The lowest BCUT2D eigenvalue weighted by Gasteiger charge is -2.08. The summed E-state index contributed by atoms with van der Waals surface area (Å²) in [6.07, 6.45) is 0. The molecule has 0 aliphatic carbocycles. The molecule has 17 heavy (non-hydrogen) atoms. The molecule has 2 rings (SSSR count). The Balaban J connectivity index is 2.53. The van der Waals surface area contributed by atoms with Crippen molar-refractivity contribution in [2.45, 2.75) is 12.8 Å². The van der Waals surface area contributed by atoms with Crippen LogP contribution in [0, 0.1) is 0 Å². The van der Waals surface area contributed by atoms with Crippen molar-refractivity contribution in [1.29, 1.82) is 0 Å². The first-order valence-corrected chi connectivity index (χ1v) is 5.13. The van der Waals surface area contributed by atoms with Gasteiger partial charge in [0.05, 0.1) is 13.0 Å².